The fourth-order valence-electron chi connectivity index (χ4n) is 7.49. The molecule has 0 spiro atoms. The van der Waals surface area contributed by atoms with Gasteiger partial charge in [-0.3, -0.25) is 9.59 Å². The van der Waals surface area contributed by atoms with Crippen molar-refractivity contribution in [1.29, 1.82) is 0 Å². The van der Waals surface area contributed by atoms with E-state index in [9.17, 15) is 9.59 Å². The van der Waals surface area contributed by atoms with Gasteiger partial charge < -0.3 is 10.2 Å². The number of amides is 2. The Hall–Kier alpha value is -1.32. The number of hydrogen-bond acceptors (Lipinski definition) is 2. The number of nitrogens with one attached hydrogen (secondary N) is 1. The van der Waals surface area contributed by atoms with Gasteiger partial charge in [0.25, 0.3) is 0 Å². The van der Waals surface area contributed by atoms with Crippen LogP contribution in [0.4, 0.5) is 0 Å². The third kappa shape index (κ3) is 4.27. The average Bonchev–Trinajstić information content (AvgIpc) is 2.73. The highest BCUT2D eigenvalue weighted by molar-refractivity contribution is 5.77. The summed E-state index contributed by atoms with van der Waals surface area (Å²) in [5.41, 5.74) is 1.51. The predicted molar refractivity (Wildman–Crippen MR) is 114 cm³/mol. The van der Waals surface area contributed by atoms with Crippen molar-refractivity contribution in [3.8, 4) is 0 Å². The van der Waals surface area contributed by atoms with Crippen molar-refractivity contribution in [1.82, 2.24) is 10.2 Å². The van der Waals surface area contributed by atoms with E-state index in [-0.39, 0.29) is 11.8 Å². The summed E-state index contributed by atoms with van der Waals surface area (Å²) < 4.78 is 0. The molecular weight excluding hydrogens is 360 g/mol. The highest BCUT2D eigenvalue weighted by Gasteiger charge is 2.48. The molecule has 29 heavy (non-hydrogen) atoms. The van der Waals surface area contributed by atoms with Gasteiger partial charge in [0.05, 0.1) is 0 Å². The summed E-state index contributed by atoms with van der Waals surface area (Å²) in [7, 11) is 0. The van der Waals surface area contributed by atoms with E-state index in [1.807, 2.05) is 0 Å². The van der Waals surface area contributed by atoms with Crippen LogP contribution in [0.3, 0.4) is 0 Å². The highest BCUT2D eigenvalue weighted by Crippen LogP contribution is 2.53. The van der Waals surface area contributed by atoms with Crippen LogP contribution < -0.4 is 5.32 Å². The molecule has 2 amide bonds. The van der Waals surface area contributed by atoms with E-state index in [2.05, 4.69) is 16.3 Å². The van der Waals surface area contributed by atoms with E-state index in [4.69, 9.17) is 0 Å². The van der Waals surface area contributed by atoms with E-state index in [0.717, 1.165) is 61.9 Å². The lowest BCUT2D eigenvalue weighted by molar-refractivity contribution is -0.132. The van der Waals surface area contributed by atoms with Crippen LogP contribution >= 0.6 is 0 Å². The topological polar surface area (TPSA) is 49.4 Å². The normalized spacial score (nSPS) is 37.8. The van der Waals surface area contributed by atoms with Gasteiger partial charge in [-0.15, -0.1) is 0 Å². The lowest BCUT2D eigenvalue weighted by Crippen LogP contribution is -2.55. The van der Waals surface area contributed by atoms with E-state index in [1.165, 1.54) is 56.9 Å². The number of nitrogens with zero attached hydrogens (tertiary/aromatic N) is 1. The third-order valence-corrected chi connectivity index (χ3v) is 8.76. The van der Waals surface area contributed by atoms with Crippen LogP contribution in [0.25, 0.3) is 0 Å². The highest BCUT2D eigenvalue weighted by atomic mass is 16.2. The Morgan fingerprint density at radius 3 is 2.45 bits per heavy atom. The maximum atomic E-state index is 12.6. The van der Waals surface area contributed by atoms with Gasteiger partial charge in [-0.2, -0.15) is 0 Å². The molecule has 6 rings (SSSR count). The number of carbonyl (C=O) groups is 2. The Balaban J connectivity index is 1.01. The van der Waals surface area contributed by atoms with Crippen LogP contribution in [0.1, 0.15) is 83.5 Å². The van der Waals surface area contributed by atoms with Crippen molar-refractivity contribution in [3.05, 3.63) is 11.6 Å². The van der Waals surface area contributed by atoms with E-state index in [0.29, 0.717) is 18.9 Å². The lowest BCUT2D eigenvalue weighted by atomic mass is 9.54. The van der Waals surface area contributed by atoms with E-state index < -0.39 is 0 Å². The monoisotopic (exact) mass is 398 g/mol. The first-order valence-corrected chi connectivity index (χ1v) is 12.4. The summed E-state index contributed by atoms with van der Waals surface area (Å²) in [6.45, 7) is 1.78. The molecule has 1 unspecified atom stereocenters. The molecule has 0 aromatic rings. The molecule has 4 heteroatoms. The van der Waals surface area contributed by atoms with Crippen molar-refractivity contribution in [3.63, 3.8) is 0 Å². The SMILES string of the molecule is O=C(CCCCC(=O)N1CCC2CCCC=C2C1)NC1C2CC3CC(C2)CC1C3. The first-order valence-electron chi connectivity index (χ1n) is 12.4. The van der Waals surface area contributed by atoms with Gasteiger partial charge in [0.1, 0.15) is 0 Å². The van der Waals surface area contributed by atoms with Gasteiger partial charge in [0, 0.05) is 32.0 Å². The summed E-state index contributed by atoms with van der Waals surface area (Å²) in [6.07, 6.45) is 17.0. The quantitative estimate of drug-likeness (QED) is 0.531. The minimum absolute atomic E-state index is 0.225. The third-order valence-electron chi connectivity index (χ3n) is 8.76. The molecule has 4 nitrogen and oxygen atoms in total. The number of hydrogen-bond donors (Lipinski definition) is 1. The maximum absolute atomic E-state index is 12.6. The Kier molecular flexibility index (Phi) is 5.71. The second kappa shape index (κ2) is 8.43. The van der Waals surface area contributed by atoms with E-state index >= 15 is 0 Å². The minimum atomic E-state index is 0.225. The molecule has 4 saturated carbocycles. The average molecular weight is 399 g/mol. The van der Waals surface area contributed by atoms with Gasteiger partial charge in [-0.05, 0) is 100 Å². The summed E-state index contributed by atoms with van der Waals surface area (Å²) in [5, 5.41) is 3.40. The fraction of sp³-hybridized carbons (Fsp3) is 0.840. The molecule has 0 radical (unpaired) electrons. The standard InChI is InChI=1S/C25H38N2O2/c28-23(26-25-21-12-17-11-18(14-21)15-22(25)13-17)7-3-4-8-24(29)27-10-9-19-5-1-2-6-20(19)16-27/h6,17-19,21-22,25H,1-5,7-16H2,(H,26,28). The first-order chi connectivity index (χ1) is 14.2. The predicted octanol–water partition coefficient (Wildman–Crippen LogP) is 4.45. The molecule has 0 aromatic heterocycles. The largest absolute Gasteiger partial charge is 0.353 e. The van der Waals surface area contributed by atoms with Crippen molar-refractivity contribution in [2.24, 2.45) is 29.6 Å². The molecule has 5 fully saturated rings. The van der Waals surface area contributed by atoms with Gasteiger partial charge in [-0.25, -0.2) is 0 Å². The molecule has 6 aliphatic rings. The second-order valence-electron chi connectivity index (χ2n) is 10.7. The molecular formula is C25H38N2O2. The number of unbranched alkanes of at least 4 members (excludes halogenated alkanes) is 1. The molecule has 1 saturated heterocycles. The zero-order valence-corrected chi connectivity index (χ0v) is 17.9. The van der Waals surface area contributed by atoms with Crippen LogP contribution in [0.5, 0.6) is 0 Å². The van der Waals surface area contributed by atoms with Crippen LogP contribution in [0.15, 0.2) is 11.6 Å². The van der Waals surface area contributed by atoms with E-state index in [1.54, 1.807) is 0 Å². The summed E-state index contributed by atoms with van der Waals surface area (Å²) >= 11 is 0. The van der Waals surface area contributed by atoms with Crippen molar-refractivity contribution < 1.29 is 9.59 Å². The molecule has 1 atom stereocenters. The Bertz CT molecular complexity index is 642. The lowest BCUT2D eigenvalue weighted by Gasteiger charge is -2.54. The molecule has 1 N–H and O–H groups in total. The Morgan fingerprint density at radius 2 is 1.69 bits per heavy atom. The van der Waals surface area contributed by atoms with Gasteiger partial charge in [0.15, 0.2) is 0 Å². The number of carbonyl (C=O) groups excluding carboxylic acids is 2. The minimum Gasteiger partial charge on any atom is -0.353 e. The first kappa shape index (κ1) is 19.6. The Labute approximate surface area is 175 Å². The summed E-state index contributed by atoms with van der Waals surface area (Å²) in [4.78, 5) is 27.2. The molecule has 4 bridgehead atoms. The van der Waals surface area contributed by atoms with Gasteiger partial charge in [0.2, 0.25) is 11.8 Å². The second-order valence-corrected chi connectivity index (χ2v) is 10.7. The number of allylic oxidation sites excluding steroid dienone is 1. The number of piperidine rings is 1. The van der Waals surface area contributed by atoms with Crippen molar-refractivity contribution in [2.45, 2.75) is 89.5 Å². The summed E-state index contributed by atoms with van der Waals surface area (Å²) in [6, 6.07) is 0.446. The number of likely N-dealkylation sites (tertiary alicyclic amines) is 1. The molecule has 1 aliphatic heterocycles. The smallest absolute Gasteiger partial charge is 0.222 e. The van der Waals surface area contributed by atoms with Gasteiger partial charge >= 0.3 is 0 Å². The van der Waals surface area contributed by atoms with Crippen molar-refractivity contribution >= 4 is 11.8 Å². The molecule has 0 aromatic carbocycles. The Morgan fingerprint density at radius 1 is 0.966 bits per heavy atom. The van der Waals surface area contributed by atoms with Gasteiger partial charge in [-0.1, -0.05) is 11.6 Å². The van der Waals surface area contributed by atoms with Crippen LogP contribution in [0, 0.1) is 29.6 Å². The maximum Gasteiger partial charge on any atom is 0.222 e. The zero-order chi connectivity index (χ0) is 19.8. The number of fused-ring (bicyclic) bond motifs is 1. The number of rotatable bonds is 6. The molecule has 5 aliphatic carbocycles. The fourth-order valence-corrected chi connectivity index (χ4v) is 7.49. The van der Waals surface area contributed by atoms with Crippen LogP contribution in [0.2, 0.25) is 0 Å². The molecule has 160 valence electrons. The molecule has 1 heterocycles. The summed E-state index contributed by atoms with van der Waals surface area (Å²) in [5.74, 6) is 4.64. The van der Waals surface area contributed by atoms with Crippen LogP contribution in [-0.2, 0) is 9.59 Å². The van der Waals surface area contributed by atoms with Crippen LogP contribution in [-0.4, -0.2) is 35.8 Å². The van der Waals surface area contributed by atoms with Crippen molar-refractivity contribution in [2.75, 3.05) is 13.1 Å². The zero-order valence-electron chi connectivity index (χ0n) is 17.9.